The number of nitrogens with zero attached hydrogens (tertiary/aromatic N) is 1. The molecule has 3 aromatic carbocycles. The van der Waals surface area contributed by atoms with E-state index < -0.39 is 10.0 Å². The Balaban J connectivity index is 2.16. The van der Waals surface area contributed by atoms with Crippen molar-refractivity contribution in [3.05, 3.63) is 82.3 Å². The Bertz CT molecular complexity index is 1380. The highest BCUT2D eigenvalue weighted by molar-refractivity contribution is 7.90. The number of rotatable bonds is 5. The number of halogens is 2. The molecular formula is C22H15Cl2NO4S. The summed E-state index contributed by atoms with van der Waals surface area (Å²) in [6.45, 7) is 0. The maximum atomic E-state index is 13.6. The summed E-state index contributed by atoms with van der Waals surface area (Å²) >= 11 is 12.6. The fourth-order valence-corrected chi connectivity index (χ4v) is 5.32. The highest BCUT2D eigenvalue weighted by Crippen LogP contribution is 2.40. The van der Waals surface area contributed by atoms with E-state index in [2.05, 4.69) is 0 Å². The largest absolute Gasteiger partial charge is 0.497 e. The second-order valence-corrected chi connectivity index (χ2v) is 9.05. The SMILES string of the molecule is COc1ccc2c(c1)cc(-c1c(C=O)ccc(Cl)c1Cl)n2S(=O)(=O)c1ccccc1. The Morgan fingerprint density at radius 2 is 1.70 bits per heavy atom. The zero-order chi connectivity index (χ0) is 21.5. The minimum atomic E-state index is -4.02. The van der Waals surface area contributed by atoms with Crippen molar-refractivity contribution in [2.75, 3.05) is 7.11 Å². The van der Waals surface area contributed by atoms with E-state index in [1.807, 2.05) is 0 Å². The molecule has 0 amide bonds. The average molecular weight is 460 g/mol. The fourth-order valence-electron chi connectivity index (χ4n) is 3.35. The summed E-state index contributed by atoms with van der Waals surface area (Å²) in [7, 11) is -2.49. The van der Waals surface area contributed by atoms with Crippen molar-refractivity contribution in [2.24, 2.45) is 0 Å². The number of aromatic nitrogens is 1. The molecule has 1 aromatic heterocycles. The van der Waals surface area contributed by atoms with Crippen LogP contribution in [0.1, 0.15) is 10.4 Å². The van der Waals surface area contributed by atoms with Crippen LogP contribution < -0.4 is 4.74 Å². The molecule has 0 aliphatic rings. The lowest BCUT2D eigenvalue weighted by Crippen LogP contribution is -2.14. The Kier molecular flexibility index (Phi) is 5.32. The van der Waals surface area contributed by atoms with E-state index >= 15 is 0 Å². The minimum absolute atomic E-state index is 0.0977. The van der Waals surface area contributed by atoms with Crippen LogP contribution in [0.3, 0.4) is 0 Å². The molecule has 8 heteroatoms. The molecule has 0 saturated heterocycles. The van der Waals surface area contributed by atoms with Gasteiger partial charge in [-0.1, -0.05) is 41.4 Å². The number of fused-ring (bicyclic) bond motifs is 1. The topological polar surface area (TPSA) is 65.4 Å². The average Bonchev–Trinajstić information content (AvgIpc) is 3.14. The summed E-state index contributed by atoms with van der Waals surface area (Å²) in [5, 5.41) is 0.918. The monoisotopic (exact) mass is 459 g/mol. The van der Waals surface area contributed by atoms with Crippen LogP contribution in [0.4, 0.5) is 0 Å². The number of aldehydes is 1. The first-order valence-electron chi connectivity index (χ1n) is 8.82. The third-order valence-corrected chi connectivity index (χ3v) is 7.30. The lowest BCUT2D eigenvalue weighted by atomic mass is 10.1. The van der Waals surface area contributed by atoms with Gasteiger partial charge in [-0.3, -0.25) is 4.79 Å². The van der Waals surface area contributed by atoms with Gasteiger partial charge < -0.3 is 4.74 Å². The quantitative estimate of drug-likeness (QED) is 0.360. The van der Waals surface area contributed by atoms with Crippen LogP contribution in [0.25, 0.3) is 22.2 Å². The summed E-state index contributed by atoms with van der Waals surface area (Å²) < 4.78 is 33.7. The van der Waals surface area contributed by atoms with E-state index in [1.54, 1.807) is 42.5 Å². The Morgan fingerprint density at radius 3 is 2.37 bits per heavy atom. The molecule has 4 aromatic rings. The summed E-state index contributed by atoms with van der Waals surface area (Å²) in [5.74, 6) is 0.566. The zero-order valence-corrected chi connectivity index (χ0v) is 18.0. The van der Waals surface area contributed by atoms with Crippen LogP contribution in [0, 0.1) is 0 Å². The van der Waals surface area contributed by atoms with E-state index in [9.17, 15) is 13.2 Å². The number of benzene rings is 3. The number of methoxy groups -OCH3 is 1. The molecular weight excluding hydrogens is 445 g/mol. The van der Waals surface area contributed by atoms with Gasteiger partial charge in [-0.2, -0.15) is 0 Å². The molecule has 0 fully saturated rings. The second-order valence-electron chi connectivity index (χ2n) is 6.48. The smallest absolute Gasteiger partial charge is 0.268 e. The maximum Gasteiger partial charge on any atom is 0.268 e. The molecule has 0 unspecified atom stereocenters. The van der Waals surface area contributed by atoms with E-state index in [1.165, 1.54) is 35.3 Å². The van der Waals surface area contributed by atoms with Gasteiger partial charge in [-0.05, 0) is 48.5 Å². The van der Waals surface area contributed by atoms with Crippen molar-refractivity contribution in [3.8, 4) is 17.0 Å². The molecule has 30 heavy (non-hydrogen) atoms. The van der Waals surface area contributed by atoms with E-state index in [0.717, 1.165) is 0 Å². The van der Waals surface area contributed by atoms with Gasteiger partial charge in [0.1, 0.15) is 5.75 Å². The van der Waals surface area contributed by atoms with E-state index in [-0.39, 0.29) is 31.8 Å². The molecule has 0 N–H and O–H groups in total. The third-order valence-electron chi connectivity index (χ3n) is 4.76. The number of hydrogen-bond donors (Lipinski definition) is 0. The van der Waals surface area contributed by atoms with Crippen LogP contribution in [-0.4, -0.2) is 25.8 Å². The summed E-state index contributed by atoms with van der Waals surface area (Å²) in [6.07, 6.45) is 0.620. The molecule has 0 aliphatic heterocycles. The van der Waals surface area contributed by atoms with Gasteiger partial charge in [0.25, 0.3) is 10.0 Å². The van der Waals surface area contributed by atoms with Crippen molar-refractivity contribution < 1.29 is 17.9 Å². The van der Waals surface area contributed by atoms with Crippen LogP contribution in [0.5, 0.6) is 5.75 Å². The van der Waals surface area contributed by atoms with Gasteiger partial charge in [0, 0.05) is 16.5 Å². The summed E-state index contributed by atoms with van der Waals surface area (Å²) in [5.41, 5.74) is 1.12. The zero-order valence-electron chi connectivity index (χ0n) is 15.7. The predicted octanol–water partition coefficient (Wildman–Crippen LogP) is 5.67. The Morgan fingerprint density at radius 1 is 0.967 bits per heavy atom. The van der Waals surface area contributed by atoms with Crippen molar-refractivity contribution >= 4 is 50.4 Å². The standard InChI is InChI=1S/C22H15Cl2NO4S/c1-29-16-8-10-19-15(11-16)12-20(21-14(13-26)7-9-18(23)22(21)24)25(19)30(27,28)17-5-3-2-4-6-17/h2-13H,1H3. The second kappa shape index (κ2) is 7.80. The number of carbonyl (C=O) groups is 1. The lowest BCUT2D eigenvalue weighted by Gasteiger charge is -2.15. The molecule has 0 atom stereocenters. The number of ether oxygens (including phenoxy) is 1. The molecule has 5 nitrogen and oxygen atoms in total. The molecule has 0 radical (unpaired) electrons. The van der Waals surface area contributed by atoms with Gasteiger partial charge >= 0.3 is 0 Å². The molecule has 0 aliphatic carbocycles. The van der Waals surface area contributed by atoms with Crippen molar-refractivity contribution in [1.29, 1.82) is 0 Å². The summed E-state index contributed by atoms with van der Waals surface area (Å²) in [6, 6.07) is 17.7. The van der Waals surface area contributed by atoms with Crippen molar-refractivity contribution in [3.63, 3.8) is 0 Å². The fraction of sp³-hybridized carbons (Fsp3) is 0.0455. The molecule has 1 heterocycles. The highest BCUT2D eigenvalue weighted by atomic mass is 35.5. The first-order chi connectivity index (χ1) is 14.4. The van der Waals surface area contributed by atoms with E-state index in [0.29, 0.717) is 22.9 Å². The van der Waals surface area contributed by atoms with Gasteiger partial charge in [-0.15, -0.1) is 0 Å². The Labute approximate surface area is 183 Å². The molecule has 152 valence electrons. The number of carbonyl (C=O) groups excluding carboxylic acids is 1. The van der Waals surface area contributed by atoms with Crippen molar-refractivity contribution in [2.45, 2.75) is 4.90 Å². The van der Waals surface area contributed by atoms with Gasteiger partial charge in [0.2, 0.25) is 0 Å². The molecule has 0 bridgehead atoms. The van der Waals surface area contributed by atoms with Crippen LogP contribution in [-0.2, 0) is 10.0 Å². The van der Waals surface area contributed by atoms with Gasteiger partial charge in [-0.25, -0.2) is 12.4 Å². The van der Waals surface area contributed by atoms with Crippen LogP contribution in [0.2, 0.25) is 10.0 Å². The van der Waals surface area contributed by atoms with Crippen molar-refractivity contribution in [1.82, 2.24) is 3.97 Å². The molecule has 4 rings (SSSR count). The first kappa shape index (κ1) is 20.5. The third kappa shape index (κ3) is 3.27. The first-order valence-corrected chi connectivity index (χ1v) is 11.0. The maximum absolute atomic E-state index is 13.6. The highest BCUT2D eigenvalue weighted by Gasteiger charge is 2.27. The Hall–Kier alpha value is -2.80. The van der Waals surface area contributed by atoms with Crippen LogP contribution >= 0.6 is 23.2 Å². The number of hydrogen-bond acceptors (Lipinski definition) is 4. The van der Waals surface area contributed by atoms with Gasteiger partial charge in [0.05, 0.1) is 33.3 Å². The molecule has 0 spiro atoms. The predicted molar refractivity (Wildman–Crippen MR) is 118 cm³/mol. The van der Waals surface area contributed by atoms with Crippen LogP contribution in [0.15, 0.2) is 71.6 Å². The summed E-state index contributed by atoms with van der Waals surface area (Å²) in [4.78, 5) is 11.8. The minimum Gasteiger partial charge on any atom is -0.497 e. The molecule has 0 saturated carbocycles. The normalized spacial score (nSPS) is 11.6. The van der Waals surface area contributed by atoms with E-state index in [4.69, 9.17) is 27.9 Å². The lowest BCUT2D eigenvalue weighted by molar-refractivity contribution is 0.112. The van der Waals surface area contributed by atoms with Gasteiger partial charge in [0.15, 0.2) is 6.29 Å².